The Morgan fingerprint density at radius 1 is 0.962 bits per heavy atom. The van der Waals surface area contributed by atoms with Crippen LogP contribution in [0, 0.1) is 6.92 Å². The van der Waals surface area contributed by atoms with E-state index in [4.69, 9.17) is 9.47 Å². The minimum atomic E-state index is -0.535. The van der Waals surface area contributed by atoms with Crippen LogP contribution in [0.3, 0.4) is 0 Å². The van der Waals surface area contributed by atoms with Crippen molar-refractivity contribution < 1.29 is 19.1 Å². The van der Waals surface area contributed by atoms with Crippen LogP contribution in [0.5, 0.6) is 11.5 Å². The molecule has 0 aliphatic rings. The van der Waals surface area contributed by atoms with Crippen molar-refractivity contribution >= 4 is 12.1 Å². The van der Waals surface area contributed by atoms with Crippen molar-refractivity contribution in [3.05, 3.63) is 59.2 Å². The molecule has 2 aromatic rings. The summed E-state index contributed by atoms with van der Waals surface area (Å²) < 4.78 is 11.0. The number of hydrogen-bond donors (Lipinski definition) is 0. The van der Waals surface area contributed by atoms with Crippen LogP contribution >= 0.6 is 0 Å². The van der Waals surface area contributed by atoms with E-state index >= 15 is 0 Å². The fourth-order valence-corrected chi connectivity index (χ4v) is 2.29. The van der Waals surface area contributed by atoms with Crippen molar-refractivity contribution in [3.63, 3.8) is 0 Å². The SMILES string of the molecule is Cc1cc(C(C)(C)C)cc(OC(=O)N(C)C)c1OC(=O)c1ccccc1. The van der Waals surface area contributed by atoms with E-state index in [1.165, 1.54) is 4.90 Å². The van der Waals surface area contributed by atoms with Crippen molar-refractivity contribution in [3.8, 4) is 11.5 Å². The smallest absolute Gasteiger partial charge is 0.414 e. The molecule has 5 heteroatoms. The summed E-state index contributed by atoms with van der Waals surface area (Å²) in [6.07, 6.45) is -0.535. The normalized spacial score (nSPS) is 11.0. The van der Waals surface area contributed by atoms with Crippen molar-refractivity contribution in [1.29, 1.82) is 0 Å². The lowest BCUT2D eigenvalue weighted by Crippen LogP contribution is -2.26. The van der Waals surface area contributed by atoms with Crippen LogP contribution in [0.4, 0.5) is 4.79 Å². The molecule has 2 aromatic carbocycles. The van der Waals surface area contributed by atoms with Crippen LogP contribution in [0.1, 0.15) is 42.3 Å². The largest absolute Gasteiger partial charge is 0.419 e. The molecule has 0 aliphatic heterocycles. The van der Waals surface area contributed by atoms with Crippen molar-refractivity contribution in [1.82, 2.24) is 4.90 Å². The number of nitrogens with zero attached hydrogens (tertiary/aromatic N) is 1. The summed E-state index contributed by atoms with van der Waals surface area (Å²) >= 11 is 0. The highest BCUT2D eigenvalue weighted by Gasteiger charge is 2.23. The molecule has 0 fully saturated rings. The molecule has 0 spiro atoms. The van der Waals surface area contributed by atoms with Gasteiger partial charge in [-0.1, -0.05) is 45.0 Å². The fourth-order valence-electron chi connectivity index (χ4n) is 2.29. The molecular weight excluding hydrogens is 330 g/mol. The van der Waals surface area contributed by atoms with E-state index in [0.717, 1.165) is 11.1 Å². The standard InChI is InChI=1S/C21H25NO4/c1-14-12-16(21(2,3)4)13-17(25-20(24)22(5)6)18(14)26-19(23)15-10-8-7-9-11-15/h7-13H,1-6H3. The van der Waals surface area contributed by atoms with Crippen LogP contribution in [0.15, 0.2) is 42.5 Å². The quantitative estimate of drug-likeness (QED) is 0.598. The number of hydrogen-bond acceptors (Lipinski definition) is 4. The van der Waals surface area contributed by atoms with Gasteiger partial charge in [-0.15, -0.1) is 0 Å². The third-order valence-corrected chi connectivity index (χ3v) is 3.87. The zero-order chi connectivity index (χ0) is 19.5. The number of amides is 1. The third kappa shape index (κ3) is 4.63. The molecule has 0 aliphatic carbocycles. The molecule has 0 unspecified atom stereocenters. The van der Waals surface area contributed by atoms with Gasteiger partial charge in [0.2, 0.25) is 0 Å². The number of esters is 1. The van der Waals surface area contributed by atoms with Crippen LogP contribution in [-0.4, -0.2) is 31.1 Å². The highest BCUT2D eigenvalue weighted by molar-refractivity contribution is 5.91. The van der Waals surface area contributed by atoms with Gasteiger partial charge in [-0.2, -0.15) is 0 Å². The Bertz CT molecular complexity index is 805. The fraction of sp³-hybridized carbons (Fsp3) is 0.333. The first-order chi connectivity index (χ1) is 12.1. The summed E-state index contributed by atoms with van der Waals surface area (Å²) in [5, 5.41) is 0. The van der Waals surface area contributed by atoms with Gasteiger partial charge in [0.15, 0.2) is 11.5 Å². The Kier molecular flexibility index (Phi) is 5.70. The summed E-state index contributed by atoms with van der Waals surface area (Å²) in [5.74, 6) is -0.0145. The molecule has 0 bridgehead atoms. The number of aryl methyl sites for hydroxylation is 1. The van der Waals surface area contributed by atoms with E-state index < -0.39 is 12.1 Å². The zero-order valence-corrected chi connectivity index (χ0v) is 16.1. The lowest BCUT2D eigenvalue weighted by Gasteiger charge is -2.23. The molecule has 0 heterocycles. The number of benzene rings is 2. The maximum Gasteiger partial charge on any atom is 0.414 e. The van der Waals surface area contributed by atoms with Gasteiger partial charge in [0, 0.05) is 14.1 Å². The van der Waals surface area contributed by atoms with Crippen molar-refractivity contribution in [2.45, 2.75) is 33.1 Å². The molecule has 138 valence electrons. The topological polar surface area (TPSA) is 55.8 Å². The molecule has 5 nitrogen and oxygen atoms in total. The van der Waals surface area contributed by atoms with Crippen LogP contribution < -0.4 is 9.47 Å². The molecule has 2 rings (SSSR count). The van der Waals surface area contributed by atoms with Gasteiger partial charge >= 0.3 is 12.1 Å². The first-order valence-electron chi connectivity index (χ1n) is 8.41. The van der Waals surface area contributed by atoms with Crippen molar-refractivity contribution in [2.24, 2.45) is 0 Å². The average Bonchev–Trinajstić information content (AvgIpc) is 2.57. The molecule has 26 heavy (non-hydrogen) atoms. The number of ether oxygens (including phenoxy) is 2. The molecule has 1 amide bonds. The summed E-state index contributed by atoms with van der Waals surface area (Å²) in [6, 6.07) is 12.4. The Balaban J connectivity index is 2.45. The van der Waals surface area contributed by atoms with E-state index in [1.54, 1.807) is 44.4 Å². The second kappa shape index (κ2) is 7.60. The predicted molar refractivity (Wildman–Crippen MR) is 101 cm³/mol. The highest BCUT2D eigenvalue weighted by atomic mass is 16.6. The van der Waals surface area contributed by atoms with Gasteiger partial charge in [0.05, 0.1) is 5.56 Å². The Morgan fingerprint density at radius 2 is 1.58 bits per heavy atom. The lowest BCUT2D eigenvalue weighted by atomic mass is 9.86. The Labute approximate surface area is 154 Å². The van der Waals surface area contributed by atoms with Crippen molar-refractivity contribution in [2.75, 3.05) is 14.1 Å². The summed E-state index contributed by atoms with van der Waals surface area (Å²) in [6.45, 7) is 8.02. The minimum absolute atomic E-state index is 0.147. The van der Waals surface area contributed by atoms with Crippen LogP contribution in [-0.2, 0) is 5.41 Å². The predicted octanol–water partition coefficient (Wildman–Crippen LogP) is 4.57. The van der Waals surface area contributed by atoms with E-state index in [-0.39, 0.29) is 16.9 Å². The Morgan fingerprint density at radius 3 is 2.12 bits per heavy atom. The minimum Gasteiger partial charge on any atom is -0.419 e. The molecule has 0 saturated heterocycles. The van der Waals surface area contributed by atoms with E-state index in [2.05, 4.69) is 20.8 Å². The molecule has 0 N–H and O–H groups in total. The molecular formula is C21H25NO4. The van der Waals surface area contributed by atoms with Gasteiger partial charge in [0.1, 0.15) is 0 Å². The first-order valence-corrected chi connectivity index (χ1v) is 8.41. The van der Waals surface area contributed by atoms with Gasteiger partial charge < -0.3 is 14.4 Å². The maximum atomic E-state index is 12.4. The summed E-state index contributed by atoms with van der Waals surface area (Å²) in [7, 11) is 3.19. The molecule has 0 radical (unpaired) electrons. The highest BCUT2D eigenvalue weighted by Crippen LogP contribution is 2.37. The van der Waals surface area contributed by atoms with E-state index in [1.807, 2.05) is 19.1 Å². The second-order valence-electron chi connectivity index (χ2n) is 7.39. The van der Waals surface area contributed by atoms with Gasteiger partial charge in [-0.25, -0.2) is 9.59 Å². The zero-order valence-electron chi connectivity index (χ0n) is 16.1. The Hall–Kier alpha value is -2.82. The second-order valence-corrected chi connectivity index (χ2v) is 7.39. The number of carbonyl (C=O) groups excluding carboxylic acids is 2. The summed E-state index contributed by atoms with van der Waals surface area (Å²) in [4.78, 5) is 25.8. The lowest BCUT2D eigenvalue weighted by molar-refractivity contribution is 0.0726. The average molecular weight is 355 g/mol. The van der Waals surface area contributed by atoms with Gasteiger partial charge in [-0.05, 0) is 41.7 Å². The summed E-state index contributed by atoms with van der Waals surface area (Å²) in [5.41, 5.74) is 1.99. The monoisotopic (exact) mass is 355 g/mol. The number of carbonyl (C=O) groups is 2. The molecule has 0 saturated carbocycles. The molecule has 0 atom stereocenters. The van der Waals surface area contributed by atoms with E-state index in [9.17, 15) is 9.59 Å². The van der Waals surface area contributed by atoms with Gasteiger partial charge in [-0.3, -0.25) is 0 Å². The number of rotatable bonds is 3. The van der Waals surface area contributed by atoms with Crippen LogP contribution in [0.2, 0.25) is 0 Å². The maximum absolute atomic E-state index is 12.4. The molecule has 0 aromatic heterocycles. The van der Waals surface area contributed by atoms with Crippen LogP contribution in [0.25, 0.3) is 0 Å². The third-order valence-electron chi connectivity index (χ3n) is 3.87. The van der Waals surface area contributed by atoms with E-state index in [0.29, 0.717) is 5.56 Å². The first kappa shape index (κ1) is 19.5. The van der Waals surface area contributed by atoms with Gasteiger partial charge in [0.25, 0.3) is 0 Å².